The van der Waals surface area contributed by atoms with E-state index in [4.69, 9.17) is 10.5 Å². The molecule has 5 rings (SSSR count). The van der Waals surface area contributed by atoms with Gasteiger partial charge in [0.1, 0.15) is 34.6 Å². The number of aromatic nitrogens is 2. The number of carbonyl (C=O) groups is 1. The van der Waals surface area contributed by atoms with Crippen molar-refractivity contribution < 1.29 is 27.8 Å². The fourth-order valence-electron chi connectivity index (χ4n) is 5.50. The molecule has 2 aromatic heterocycles. The van der Waals surface area contributed by atoms with Crippen molar-refractivity contribution in [2.24, 2.45) is 11.7 Å². The Hall–Kier alpha value is -3.70. The smallest absolute Gasteiger partial charge is 0.274 e. The van der Waals surface area contributed by atoms with Gasteiger partial charge in [0, 0.05) is 36.8 Å². The van der Waals surface area contributed by atoms with Crippen LogP contribution < -0.4 is 20.7 Å². The van der Waals surface area contributed by atoms with E-state index in [9.17, 15) is 23.1 Å². The summed E-state index contributed by atoms with van der Waals surface area (Å²) >= 11 is 0. The maximum absolute atomic E-state index is 14.8. The van der Waals surface area contributed by atoms with E-state index < -0.39 is 40.7 Å². The van der Waals surface area contributed by atoms with Crippen LogP contribution >= 0.6 is 0 Å². The summed E-state index contributed by atoms with van der Waals surface area (Å²) in [5, 5.41) is 13.2. The van der Waals surface area contributed by atoms with Crippen LogP contribution in [0.1, 0.15) is 54.5 Å². The normalized spacial score (nSPS) is 20.6. The van der Waals surface area contributed by atoms with Crippen molar-refractivity contribution in [2.75, 3.05) is 29.9 Å². The van der Waals surface area contributed by atoms with E-state index in [1.807, 2.05) is 0 Å². The molecule has 1 amide bonds. The number of carbonyl (C=O) groups excluding carboxylic acids is 1. The fraction of sp³-hybridized carbons (Fsp3) is 0.393. The standard InChI is InChI=1S/C28H30F3N5O3/c1-3-39-16-9-19(30)24(20(31)10-16)26-18(29)5-6-21(34-26)28(38)35-22-11-33-25-17(4-7-23(25)37)27(22)36-12-14(2)8-15(32)13-36/h5-6,9-11,14-15,23,37H,3-4,7-8,12-13,32H2,1-2H3,(H,35,38). The molecule has 3 heterocycles. The summed E-state index contributed by atoms with van der Waals surface area (Å²) in [4.78, 5) is 23.8. The third kappa shape index (κ3) is 5.28. The highest BCUT2D eigenvalue weighted by molar-refractivity contribution is 6.05. The average molecular weight is 542 g/mol. The lowest BCUT2D eigenvalue weighted by Crippen LogP contribution is -2.47. The van der Waals surface area contributed by atoms with Crippen LogP contribution in [0.5, 0.6) is 5.75 Å². The van der Waals surface area contributed by atoms with Crippen LogP contribution in [0.15, 0.2) is 30.5 Å². The number of piperidine rings is 1. The summed E-state index contributed by atoms with van der Waals surface area (Å²) in [7, 11) is 0. The molecular formula is C28H30F3N5O3. The number of aliphatic hydroxyl groups is 1. The Morgan fingerprint density at radius 2 is 1.95 bits per heavy atom. The number of aliphatic hydroxyl groups excluding tert-OH is 1. The number of halogens is 3. The van der Waals surface area contributed by atoms with Gasteiger partial charge in [-0.25, -0.2) is 18.2 Å². The third-order valence-corrected chi connectivity index (χ3v) is 7.06. The quantitative estimate of drug-likeness (QED) is 0.425. The predicted octanol–water partition coefficient (Wildman–Crippen LogP) is 4.37. The molecule has 3 unspecified atom stereocenters. The van der Waals surface area contributed by atoms with E-state index in [0.717, 1.165) is 41.9 Å². The highest BCUT2D eigenvalue weighted by Crippen LogP contribution is 2.41. The molecule has 206 valence electrons. The zero-order chi connectivity index (χ0) is 27.8. The molecule has 11 heteroatoms. The van der Waals surface area contributed by atoms with E-state index in [0.29, 0.717) is 43.2 Å². The van der Waals surface area contributed by atoms with Crippen molar-refractivity contribution in [1.82, 2.24) is 9.97 Å². The summed E-state index contributed by atoms with van der Waals surface area (Å²) < 4.78 is 49.4. The predicted molar refractivity (Wildman–Crippen MR) is 140 cm³/mol. The minimum atomic E-state index is -1.07. The summed E-state index contributed by atoms with van der Waals surface area (Å²) in [6.07, 6.45) is 2.75. The molecule has 0 spiro atoms. The van der Waals surface area contributed by atoms with E-state index in [1.165, 1.54) is 6.20 Å². The lowest BCUT2D eigenvalue weighted by Gasteiger charge is -2.38. The van der Waals surface area contributed by atoms with Crippen molar-refractivity contribution in [3.8, 4) is 17.0 Å². The molecule has 1 saturated heterocycles. The van der Waals surface area contributed by atoms with E-state index in [2.05, 4.69) is 27.1 Å². The Bertz CT molecular complexity index is 1390. The van der Waals surface area contributed by atoms with Gasteiger partial charge in [-0.2, -0.15) is 0 Å². The second-order valence-electron chi connectivity index (χ2n) is 10.1. The minimum Gasteiger partial charge on any atom is -0.494 e. The highest BCUT2D eigenvalue weighted by atomic mass is 19.1. The van der Waals surface area contributed by atoms with Gasteiger partial charge in [0.25, 0.3) is 5.91 Å². The molecule has 1 aromatic carbocycles. The molecule has 1 fully saturated rings. The number of nitrogens with zero attached hydrogens (tertiary/aromatic N) is 3. The molecule has 0 saturated carbocycles. The molecule has 4 N–H and O–H groups in total. The number of rotatable bonds is 6. The number of pyridine rings is 2. The van der Waals surface area contributed by atoms with Gasteiger partial charge in [-0.1, -0.05) is 6.92 Å². The molecular weight excluding hydrogens is 511 g/mol. The van der Waals surface area contributed by atoms with Crippen molar-refractivity contribution in [3.63, 3.8) is 0 Å². The van der Waals surface area contributed by atoms with Gasteiger partial charge in [0.2, 0.25) is 0 Å². The number of nitrogens with two attached hydrogens (primary N) is 1. The van der Waals surface area contributed by atoms with Crippen LogP contribution in [0, 0.1) is 23.4 Å². The second kappa shape index (κ2) is 10.8. The van der Waals surface area contributed by atoms with Gasteiger partial charge >= 0.3 is 0 Å². The largest absolute Gasteiger partial charge is 0.494 e. The van der Waals surface area contributed by atoms with E-state index in [1.54, 1.807) is 6.92 Å². The van der Waals surface area contributed by atoms with Crippen LogP contribution in [0.2, 0.25) is 0 Å². The van der Waals surface area contributed by atoms with Gasteiger partial charge in [0.15, 0.2) is 0 Å². The fourth-order valence-corrected chi connectivity index (χ4v) is 5.50. The number of amides is 1. The maximum atomic E-state index is 14.8. The Morgan fingerprint density at radius 3 is 2.64 bits per heavy atom. The number of benzene rings is 1. The van der Waals surface area contributed by atoms with Gasteiger partial charge in [-0.15, -0.1) is 0 Å². The highest BCUT2D eigenvalue weighted by Gasteiger charge is 2.32. The topological polar surface area (TPSA) is 114 Å². The second-order valence-corrected chi connectivity index (χ2v) is 10.1. The molecule has 0 bridgehead atoms. The Labute approximate surface area is 224 Å². The first-order valence-corrected chi connectivity index (χ1v) is 13.0. The monoisotopic (exact) mass is 541 g/mol. The van der Waals surface area contributed by atoms with Gasteiger partial charge in [-0.3, -0.25) is 9.78 Å². The number of ether oxygens (including phenoxy) is 1. The average Bonchev–Trinajstić information content (AvgIpc) is 3.24. The molecule has 2 aliphatic rings. The van der Waals surface area contributed by atoms with Crippen molar-refractivity contribution >= 4 is 17.3 Å². The van der Waals surface area contributed by atoms with Crippen molar-refractivity contribution in [1.29, 1.82) is 0 Å². The number of nitrogens with one attached hydrogen (secondary N) is 1. The van der Waals surface area contributed by atoms with Gasteiger partial charge in [-0.05, 0) is 44.2 Å². The van der Waals surface area contributed by atoms with Crippen LogP contribution in [0.3, 0.4) is 0 Å². The van der Waals surface area contributed by atoms with E-state index >= 15 is 0 Å². The minimum absolute atomic E-state index is 0.0425. The lowest BCUT2D eigenvalue weighted by molar-refractivity contribution is 0.102. The maximum Gasteiger partial charge on any atom is 0.274 e. The first kappa shape index (κ1) is 26.9. The zero-order valence-electron chi connectivity index (χ0n) is 21.7. The van der Waals surface area contributed by atoms with Crippen LogP contribution in [0.25, 0.3) is 11.3 Å². The van der Waals surface area contributed by atoms with Gasteiger partial charge in [0.05, 0.1) is 41.5 Å². The van der Waals surface area contributed by atoms with Crippen molar-refractivity contribution in [3.05, 3.63) is 64.9 Å². The molecule has 8 nitrogen and oxygen atoms in total. The molecule has 39 heavy (non-hydrogen) atoms. The van der Waals surface area contributed by atoms with E-state index in [-0.39, 0.29) is 24.1 Å². The lowest BCUT2D eigenvalue weighted by atomic mass is 9.95. The number of anilines is 2. The zero-order valence-corrected chi connectivity index (χ0v) is 21.7. The summed E-state index contributed by atoms with van der Waals surface area (Å²) in [5.74, 6) is -3.56. The first-order valence-electron chi connectivity index (χ1n) is 13.0. The SMILES string of the molecule is CCOc1cc(F)c(-c2nc(C(=O)Nc3cnc4c(c3N3CC(C)CC(N)C3)CCC4O)ccc2F)c(F)c1. The van der Waals surface area contributed by atoms with Crippen molar-refractivity contribution in [2.45, 2.75) is 45.3 Å². The molecule has 0 radical (unpaired) electrons. The summed E-state index contributed by atoms with van der Waals surface area (Å²) in [5.41, 5.74) is 7.26. The summed E-state index contributed by atoms with van der Waals surface area (Å²) in [6.45, 7) is 5.23. The third-order valence-electron chi connectivity index (χ3n) is 7.06. The number of hydrogen-bond acceptors (Lipinski definition) is 7. The number of fused-ring (bicyclic) bond motifs is 1. The Kier molecular flexibility index (Phi) is 7.46. The number of hydrogen-bond donors (Lipinski definition) is 3. The van der Waals surface area contributed by atoms with Crippen LogP contribution in [-0.2, 0) is 6.42 Å². The molecule has 3 aromatic rings. The van der Waals surface area contributed by atoms with Crippen LogP contribution in [0.4, 0.5) is 24.5 Å². The van der Waals surface area contributed by atoms with Crippen LogP contribution in [-0.4, -0.2) is 46.7 Å². The Balaban J connectivity index is 1.50. The molecule has 3 atom stereocenters. The van der Waals surface area contributed by atoms with Gasteiger partial charge < -0.3 is 25.8 Å². The summed E-state index contributed by atoms with van der Waals surface area (Å²) in [6, 6.07) is 3.90. The first-order chi connectivity index (χ1) is 18.7. The molecule has 1 aliphatic carbocycles. The Morgan fingerprint density at radius 1 is 1.21 bits per heavy atom. The molecule has 1 aliphatic heterocycles.